The van der Waals surface area contributed by atoms with E-state index < -0.39 is 0 Å². The maximum atomic E-state index is 6.41. The van der Waals surface area contributed by atoms with Crippen LogP contribution < -0.4 is 9.64 Å². The van der Waals surface area contributed by atoms with Crippen LogP contribution in [0, 0.1) is 0 Å². The molecule has 1 aliphatic rings. The SMILES string of the molecule is C=CCCc1cc2ccccc2cc1-c1ccc(N(C(=C)C2c3ccccc3OC2C=C)c2ccc(-c3cc4ccccc4c4ccccc34)cc2)cc1. The topological polar surface area (TPSA) is 12.5 Å². The minimum atomic E-state index is -0.232. The first-order valence-corrected chi connectivity index (χ1v) is 18.7. The van der Waals surface area contributed by atoms with Crippen LogP contribution in [0.15, 0.2) is 201 Å². The summed E-state index contributed by atoms with van der Waals surface area (Å²) in [6.07, 6.45) is 5.54. The van der Waals surface area contributed by atoms with Crippen molar-refractivity contribution in [2.45, 2.75) is 24.9 Å². The van der Waals surface area contributed by atoms with E-state index in [1.807, 2.05) is 24.3 Å². The molecule has 9 rings (SSSR count). The van der Waals surface area contributed by atoms with Crippen LogP contribution in [0.2, 0.25) is 0 Å². The summed E-state index contributed by atoms with van der Waals surface area (Å²) in [4.78, 5) is 2.29. The molecule has 0 spiro atoms. The van der Waals surface area contributed by atoms with Gasteiger partial charge in [0.2, 0.25) is 0 Å². The number of nitrogens with zero attached hydrogens (tertiary/aromatic N) is 1. The van der Waals surface area contributed by atoms with Crippen molar-refractivity contribution in [2.75, 3.05) is 4.90 Å². The van der Waals surface area contributed by atoms with Crippen LogP contribution in [-0.4, -0.2) is 6.10 Å². The van der Waals surface area contributed by atoms with E-state index in [1.165, 1.54) is 60.1 Å². The smallest absolute Gasteiger partial charge is 0.129 e. The second kappa shape index (κ2) is 14.1. The highest BCUT2D eigenvalue weighted by molar-refractivity contribution is 6.13. The molecule has 0 fully saturated rings. The number of fused-ring (bicyclic) bond motifs is 5. The first kappa shape index (κ1) is 33.2. The molecule has 0 saturated heterocycles. The molecule has 1 aliphatic heterocycles. The number of anilines is 2. The summed E-state index contributed by atoms with van der Waals surface area (Å²) in [7, 11) is 0. The lowest BCUT2D eigenvalue weighted by Crippen LogP contribution is -2.26. The first-order valence-electron chi connectivity index (χ1n) is 18.7. The van der Waals surface area contributed by atoms with Gasteiger partial charge in [-0.2, -0.15) is 0 Å². The molecule has 8 aromatic carbocycles. The standard InChI is InChI=1S/C52H41NO/c1-4-6-15-40-32-38-16-7-8-17-39(38)33-48(40)36-24-28-42(29-25-36)53(35(3)52-47-22-13-14-23-51(47)54-50(52)5-2)43-30-26-37(27-31-43)49-34-41-18-9-10-19-44(41)45-20-11-12-21-46(45)49/h4-5,7-14,16-34,50,52H,1-3,6,15H2. The predicted octanol–water partition coefficient (Wildman–Crippen LogP) is 14.0. The number of aryl methyl sites for hydroxylation is 1. The molecule has 0 radical (unpaired) electrons. The molecule has 2 heteroatoms. The van der Waals surface area contributed by atoms with Gasteiger partial charge in [-0.05, 0) is 115 Å². The molecule has 1 heterocycles. The molecule has 2 atom stereocenters. The van der Waals surface area contributed by atoms with Crippen LogP contribution in [0.1, 0.15) is 23.5 Å². The largest absolute Gasteiger partial charge is 0.485 e. The number of hydrogen-bond acceptors (Lipinski definition) is 2. The molecule has 2 unspecified atom stereocenters. The molecule has 0 bridgehead atoms. The van der Waals surface area contributed by atoms with Crippen LogP contribution >= 0.6 is 0 Å². The van der Waals surface area contributed by atoms with Crippen LogP contribution in [0.4, 0.5) is 11.4 Å². The fraction of sp³-hybridized carbons (Fsp3) is 0.0769. The second-order valence-corrected chi connectivity index (χ2v) is 14.1. The fourth-order valence-electron chi connectivity index (χ4n) is 8.30. The third kappa shape index (κ3) is 5.87. The van der Waals surface area contributed by atoms with Gasteiger partial charge in [-0.25, -0.2) is 0 Å². The lowest BCUT2D eigenvalue weighted by molar-refractivity contribution is 0.266. The molecule has 260 valence electrons. The minimum absolute atomic E-state index is 0.103. The van der Waals surface area contributed by atoms with Gasteiger partial charge in [0.15, 0.2) is 0 Å². The van der Waals surface area contributed by atoms with Crippen LogP contribution in [0.25, 0.3) is 54.6 Å². The van der Waals surface area contributed by atoms with E-state index in [9.17, 15) is 0 Å². The van der Waals surface area contributed by atoms with Gasteiger partial charge in [0.05, 0.1) is 5.92 Å². The molecule has 2 nitrogen and oxygen atoms in total. The van der Waals surface area contributed by atoms with Crippen molar-refractivity contribution in [1.82, 2.24) is 0 Å². The Balaban J connectivity index is 1.15. The third-order valence-electron chi connectivity index (χ3n) is 11.0. The van der Waals surface area contributed by atoms with E-state index in [2.05, 4.69) is 170 Å². The highest BCUT2D eigenvalue weighted by atomic mass is 16.5. The van der Waals surface area contributed by atoms with Crippen LogP contribution in [0.3, 0.4) is 0 Å². The van der Waals surface area contributed by atoms with E-state index in [0.717, 1.165) is 41.2 Å². The zero-order chi connectivity index (χ0) is 36.6. The Morgan fingerprint density at radius 3 is 1.81 bits per heavy atom. The lowest BCUT2D eigenvalue weighted by Gasteiger charge is -2.32. The summed E-state index contributed by atoms with van der Waals surface area (Å²) < 4.78 is 6.41. The van der Waals surface area contributed by atoms with Crippen molar-refractivity contribution in [1.29, 1.82) is 0 Å². The molecular weight excluding hydrogens is 655 g/mol. The van der Waals surface area contributed by atoms with Gasteiger partial charge in [-0.3, -0.25) is 0 Å². The lowest BCUT2D eigenvalue weighted by atomic mass is 9.90. The predicted molar refractivity (Wildman–Crippen MR) is 230 cm³/mol. The van der Waals surface area contributed by atoms with E-state index in [1.54, 1.807) is 0 Å². The monoisotopic (exact) mass is 695 g/mol. The van der Waals surface area contributed by atoms with Crippen molar-refractivity contribution in [3.63, 3.8) is 0 Å². The molecule has 54 heavy (non-hydrogen) atoms. The Morgan fingerprint density at radius 1 is 0.574 bits per heavy atom. The summed E-state index contributed by atoms with van der Waals surface area (Å²) in [5.74, 6) is 0.777. The average molecular weight is 696 g/mol. The summed E-state index contributed by atoms with van der Waals surface area (Å²) in [6.45, 7) is 12.9. The van der Waals surface area contributed by atoms with E-state index in [4.69, 9.17) is 11.3 Å². The minimum Gasteiger partial charge on any atom is -0.485 e. The first-order chi connectivity index (χ1) is 26.6. The number of rotatable bonds is 10. The van der Waals surface area contributed by atoms with Gasteiger partial charge in [-0.15, -0.1) is 6.58 Å². The Kier molecular flexibility index (Phi) is 8.65. The van der Waals surface area contributed by atoms with Gasteiger partial charge in [-0.1, -0.05) is 147 Å². The quantitative estimate of drug-likeness (QED) is 0.104. The van der Waals surface area contributed by atoms with Gasteiger partial charge < -0.3 is 9.64 Å². The van der Waals surface area contributed by atoms with E-state index in [-0.39, 0.29) is 12.0 Å². The highest BCUT2D eigenvalue weighted by Gasteiger charge is 2.37. The van der Waals surface area contributed by atoms with Crippen molar-refractivity contribution < 1.29 is 4.74 Å². The summed E-state index contributed by atoms with van der Waals surface area (Å²) in [5, 5.41) is 7.51. The third-order valence-corrected chi connectivity index (χ3v) is 11.0. The number of ether oxygens (including phenoxy) is 1. The Bertz CT molecular complexity index is 2700. The summed E-state index contributed by atoms with van der Waals surface area (Å²) in [5.41, 5.74) is 10.3. The molecule has 0 amide bonds. The number of benzene rings is 8. The molecule has 0 saturated carbocycles. The van der Waals surface area contributed by atoms with Crippen molar-refractivity contribution in [3.8, 4) is 28.0 Å². The zero-order valence-corrected chi connectivity index (χ0v) is 30.3. The summed E-state index contributed by atoms with van der Waals surface area (Å²) >= 11 is 0. The van der Waals surface area contributed by atoms with Crippen LogP contribution in [0.5, 0.6) is 5.75 Å². The van der Waals surface area contributed by atoms with E-state index >= 15 is 0 Å². The second-order valence-electron chi connectivity index (χ2n) is 14.1. The van der Waals surface area contributed by atoms with Gasteiger partial charge in [0.1, 0.15) is 11.9 Å². The van der Waals surface area contributed by atoms with Crippen molar-refractivity contribution in [3.05, 3.63) is 213 Å². The average Bonchev–Trinajstić information content (AvgIpc) is 3.62. The zero-order valence-electron chi connectivity index (χ0n) is 30.3. The Labute approximate surface area is 317 Å². The Hall–Kier alpha value is -6.64. The van der Waals surface area contributed by atoms with Crippen molar-refractivity contribution in [2.24, 2.45) is 0 Å². The van der Waals surface area contributed by atoms with Crippen molar-refractivity contribution >= 4 is 43.7 Å². The van der Waals surface area contributed by atoms with E-state index in [0.29, 0.717) is 0 Å². The maximum Gasteiger partial charge on any atom is 0.129 e. The molecular formula is C52H41NO. The number of para-hydroxylation sites is 1. The molecule has 0 aliphatic carbocycles. The van der Waals surface area contributed by atoms with Gasteiger partial charge >= 0.3 is 0 Å². The number of hydrogen-bond donors (Lipinski definition) is 0. The van der Waals surface area contributed by atoms with Crippen LogP contribution in [-0.2, 0) is 6.42 Å². The Morgan fingerprint density at radius 2 is 1.13 bits per heavy atom. The van der Waals surface area contributed by atoms with Gasteiger partial charge in [0, 0.05) is 22.6 Å². The number of allylic oxidation sites excluding steroid dienone is 1. The molecule has 0 aromatic heterocycles. The van der Waals surface area contributed by atoms with Gasteiger partial charge in [0.25, 0.3) is 0 Å². The molecule has 0 N–H and O–H groups in total. The summed E-state index contributed by atoms with van der Waals surface area (Å²) in [6, 6.07) is 59.1. The molecule has 8 aromatic rings. The maximum absolute atomic E-state index is 6.41. The highest BCUT2D eigenvalue weighted by Crippen LogP contribution is 2.47. The fourth-order valence-corrected chi connectivity index (χ4v) is 8.30. The normalized spacial score (nSPS) is 14.8.